The fourth-order valence-corrected chi connectivity index (χ4v) is 3.36. The first-order valence-corrected chi connectivity index (χ1v) is 9.05. The largest absolute Gasteiger partial charge is 0.455 e. The van der Waals surface area contributed by atoms with Gasteiger partial charge in [-0.05, 0) is 36.4 Å². The summed E-state index contributed by atoms with van der Waals surface area (Å²) in [7, 11) is 3.44. The van der Waals surface area contributed by atoms with E-state index in [1.165, 1.54) is 10.6 Å². The number of halogens is 1. The number of benzene rings is 2. The van der Waals surface area contributed by atoms with Gasteiger partial charge in [0.2, 0.25) is 0 Å². The molecule has 144 valence electrons. The number of ether oxygens (including phenoxy) is 1. The molecular formula is C21H16ClN5O2. The number of nitrogen functional groups attached to an aromatic ring is 1. The highest BCUT2D eigenvalue weighted by atomic mass is 35.5. The van der Waals surface area contributed by atoms with Gasteiger partial charge in [0.05, 0.1) is 10.9 Å². The van der Waals surface area contributed by atoms with E-state index in [0.717, 1.165) is 0 Å². The van der Waals surface area contributed by atoms with Crippen molar-refractivity contribution in [2.45, 2.75) is 0 Å². The molecule has 2 N–H and O–H groups in total. The van der Waals surface area contributed by atoms with Gasteiger partial charge in [0, 0.05) is 48.3 Å². The van der Waals surface area contributed by atoms with E-state index >= 15 is 0 Å². The Hall–Kier alpha value is -3.76. The molecule has 8 heteroatoms. The number of nitrogens with two attached hydrogens (primary N) is 1. The third-order valence-corrected chi connectivity index (χ3v) is 4.77. The summed E-state index contributed by atoms with van der Waals surface area (Å²) < 4.78 is 9.15. The molecule has 0 bridgehead atoms. The van der Waals surface area contributed by atoms with Crippen molar-refractivity contribution in [1.82, 2.24) is 14.3 Å². The lowest BCUT2D eigenvalue weighted by molar-refractivity contribution is 0.483. The van der Waals surface area contributed by atoms with Gasteiger partial charge < -0.3 is 15.0 Å². The Balaban J connectivity index is 1.95. The van der Waals surface area contributed by atoms with Crippen LogP contribution in [0.2, 0.25) is 5.02 Å². The number of hydrogen-bond acceptors (Lipinski definition) is 5. The third-order valence-electron chi connectivity index (χ3n) is 4.53. The summed E-state index contributed by atoms with van der Waals surface area (Å²) in [5.74, 6) is 0.841. The second kappa shape index (κ2) is 7.00. The molecule has 0 aliphatic carbocycles. The van der Waals surface area contributed by atoms with Crippen LogP contribution in [0, 0.1) is 11.3 Å². The Kier molecular flexibility index (Phi) is 4.49. The zero-order valence-corrected chi connectivity index (χ0v) is 16.4. The Morgan fingerprint density at radius 1 is 1.10 bits per heavy atom. The molecule has 0 unspecified atom stereocenters. The first-order chi connectivity index (χ1) is 13.9. The van der Waals surface area contributed by atoms with E-state index in [1.54, 1.807) is 61.5 Å². The quantitative estimate of drug-likeness (QED) is 0.522. The fraction of sp³-hybridized carbons (Fsp3) is 0.0952. The maximum Gasteiger partial charge on any atom is 0.261 e. The molecule has 0 radical (unpaired) electrons. The van der Waals surface area contributed by atoms with Gasteiger partial charge in [0.1, 0.15) is 23.1 Å². The minimum Gasteiger partial charge on any atom is -0.455 e. The van der Waals surface area contributed by atoms with E-state index in [9.17, 15) is 10.1 Å². The lowest BCUT2D eigenvalue weighted by Crippen LogP contribution is -2.16. The van der Waals surface area contributed by atoms with Crippen molar-refractivity contribution >= 4 is 28.2 Å². The molecule has 0 atom stereocenters. The van der Waals surface area contributed by atoms with Crippen molar-refractivity contribution in [3.8, 4) is 28.7 Å². The Morgan fingerprint density at radius 2 is 1.86 bits per heavy atom. The highest BCUT2D eigenvalue weighted by Crippen LogP contribution is 2.38. The molecule has 0 aliphatic heterocycles. The minimum absolute atomic E-state index is 0.146. The van der Waals surface area contributed by atoms with Gasteiger partial charge in [0.25, 0.3) is 5.56 Å². The summed E-state index contributed by atoms with van der Waals surface area (Å²) in [6, 6.07) is 12.1. The van der Waals surface area contributed by atoms with E-state index in [4.69, 9.17) is 22.1 Å². The monoisotopic (exact) mass is 405 g/mol. The van der Waals surface area contributed by atoms with Crippen molar-refractivity contribution in [2.24, 2.45) is 14.1 Å². The number of nitriles is 1. The second-order valence-corrected chi connectivity index (χ2v) is 7.07. The van der Waals surface area contributed by atoms with E-state index < -0.39 is 0 Å². The topological polar surface area (TPSA) is 98.9 Å². The maximum absolute atomic E-state index is 12.5. The molecule has 7 nitrogen and oxygen atoms in total. The van der Waals surface area contributed by atoms with Gasteiger partial charge in [-0.25, -0.2) is 0 Å². The summed E-state index contributed by atoms with van der Waals surface area (Å²) in [4.78, 5) is 12.5. The lowest BCUT2D eigenvalue weighted by atomic mass is 10.0. The maximum atomic E-state index is 12.5. The number of fused-ring (bicyclic) bond motifs is 1. The van der Waals surface area contributed by atoms with Gasteiger partial charge in [-0.3, -0.25) is 9.48 Å². The van der Waals surface area contributed by atoms with Crippen LogP contribution in [-0.4, -0.2) is 14.3 Å². The van der Waals surface area contributed by atoms with Crippen LogP contribution in [0.15, 0.2) is 53.6 Å². The van der Waals surface area contributed by atoms with E-state index in [1.807, 2.05) is 0 Å². The van der Waals surface area contributed by atoms with Gasteiger partial charge in [0.15, 0.2) is 0 Å². The Labute approximate surface area is 171 Å². The van der Waals surface area contributed by atoms with Crippen LogP contribution < -0.4 is 16.0 Å². The third kappa shape index (κ3) is 3.30. The van der Waals surface area contributed by atoms with Crippen LogP contribution >= 0.6 is 11.6 Å². The molecule has 0 aliphatic rings. The average molecular weight is 406 g/mol. The summed E-state index contributed by atoms with van der Waals surface area (Å²) in [5, 5.41) is 14.8. The molecule has 2 aromatic heterocycles. The molecule has 0 fully saturated rings. The van der Waals surface area contributed by atoms with Gasteiger partial charge >= 0.3 is 0 Å². The fourth-order valence-electron chi connectivity index (χ4n) is 3.19. The number of nitrogens with zero attached hydrogens (tertiary/aromatic N) is 4. The normalized spacial score (nSPS) is 10.8. The first-order valence-electron chi connectivity index (χ1n) is 8.68. The first kappa shape index (κ1) is 18.6. The molecule has 0 spiro atoms. The van der Waals surface area contributed by atoms with Crippen molar-refractivity contribution < 1.29 is 4.74 Å². The van der Waals surface area contributed by atoms with Crippen LogP contribution in [0.5, 0.6) is 11.5 Å². The van der Waals surface area contributed by atoms with Gasteiger partial charge in [-0.2, -0.15) is 10.4 Å². The van der Waals surface area contributed by atoms with Crippen molar-refractivity contribution in [1.29, 1.82) is 5.26 Å². The van der Waals surface area contributed by atoms with Crippen molar-refractivity contribution in [3.63, 3.8) is 0 Å². The molecule has 0 amide bonds. The lowest BCUT2D eigenvalue weighted by Gasteiger charge is -2.14. The number of rotatable bonds is 3. The average Bonchev–Trinajstić information content (AvgIpc) is 3.09. The van der Waals surface area contributed by atoms with Crippen LogP contribution in [0.1, 0.15) is 5.56 Å². The molecular weight excluding hydrogens is 390 g/mol. The Bertz CT molecular complexity index is 1360. The minimum atomic E-state index is -0.146. The van der Waals surface area contributed by atoms with Crippen LogP contribution in [-0.2, 0) is 14.1 Å². The number of aromatic nitrogens is 3. The number of aryl methyl sites for hydroxylation is 2. The summed E-state index contributed by atoms with van der Waals surface area (Å²) in [6.07, 6.45) is 3.38. The highest BCUT2D eigenvalue weighted by Gasteiger charge is 2.18. The predicted octanol–water partition coefficient (Wildman–Crippen LogP) is 3.84. The smallest absolute Gasteiger partial charge is 0.261 e. The van der Waals surface area contributed by atoms with E-state index in [0.29, 0.717) is 49.8 Å². The van der Waals surface area contributed by atoms with Gasteiger partial charge in [-0.15, -0.1) is 0 Å². The molecule has 29 heavy (non-hydrogen) atoms. The van der Waals surface area contributed by atoms with Crippen LogP contribution in [0.4, 0.5) is 5.69 Å². The van der Waals surface area contributed by atoms with E-state index in [2.05, 4.69) is 11.2 Å². The van der Waals surface area contributed by atoms with Crippen molar-refractivity contribution in [2.75, 3.05) is 5.73 Å². The van der Waals surface area contributed by atoms with Crippen LogP contribution in [0.3, 0.4) is 0 Å². The molecule has 0 saturated heterocycles. The zero-order chi connectivity index (χ0) is 20.7. The number of hydrogen-bond donors (Lipinski definition) is 1. The summed E-state index contributed by atoms with van der Waals surface area (Å²) in [5.41, 5.74) is 8.62. The summed E-state index contributed by atoms with van der Waals surface area (Å²) >= 11 is 5.98. The van der Waals surface area contributed by atoms with Crippen LogP contribution in [0.25, 0.3) is 22.0 Å². The molecule has 0 saturated carbocycles. The zero-order valence-electron chi connectivity index (χ0n) is 15.7. The van der Waals surface area contributed by atoms with Gasteiger partial charge in [-0.1, -0.05) is 11.6 Å². The highest BCUT2D eigenvalue weighted by molar-refractivity contribution is 6.30. The molecule has 2 heterocycles. The standard InChI is InChI=1S/C21H16ClN5O2/c1-26-10-16(20-17(21(26)28)11-27(2)25-20)15-8-14(24)4-6-19(15)29-18-5-3-13(22)7-12(18)9-23/h3-8,10-11H,24H2,1-2H3. The second-order valence-electron chi connectivity index (χ2n) is 6.63. The Morgan fingerprint density at radius 3 is 2.62 bits per heavy atom. The SMILES string of the molecule is Cn1cc2c(=O)n(C)cc(-c3cc(N)ccc3Oc3ccc(Cl)cc3C#N)c2n1. The molecule has 4 rings (SSSR count). The molecule has 4 aromatic rings. The van der Waals surface area contributed by atoms with Crippen molar-refractivity contribution in [3.05, 3.63) is 69.7 Å². The predicted molar refractivity (Wildman–Crippen MR) is 112 cm³/mol. The number of anilines is 1. The molecule has 2 aromatic carbocycles. The summed E-state index contributed by atoms with van der Waals surface area (Å²) in [6.45, 7) is 0. The number of pyridine rings is 1. The van der Waals surface area contributed by atoms with E-state index in [-0.39, 0.29) is 5.56 Å².